The Balaban J connectivity index is 2.07. The number of phenols is 1. The zero-order valence-electron chi connectivity index (χ0n) is 10.3. The van der Waals surface area contributed by atoms with E-state index < -0.39 is 0 Å². The summed E-state index contributed by atoms with van der Waals surface area (Å²) in [7, 11) is 0. The third kappa shape index (κ3) is 2.17. The Hall–Kier alpha value is -2.35. The van der Waals surface area contributed by atoms with Gasteiger partial charge in [0, 0.05) is 11.8 Å². The molecular formula is C17H13FO. The Morgan fingerprint density at radius 1 is 0.789 bits per heavy atom. The average molecular weight is 252 g/mol. The van der Waals surface area contributed by atoms with Gasteiger partial charge in [-0.15, -0.1) is 0 Å². The molecule has 0 saturated carbocycles. The van der Waals surface area contributed by atoms with E-state index in [9.17, 15) is 9.50 Å². The van der Waals surface area contributed by atoms with E-state index in [2.05, 4.69) is 0 Å². The number of hydrogen-bond acceptors (Lipinski definition) is 1. The molecular weight excluding hydrogens is 239 g/mol. The van der Waals surface area contributed by atoms with Crippen molar-refractivity contribution in [2.45, 2.75) is 6.42 Å². The van der Waals surface area contributed by atoms with Crippen molar-refractivity contribution in [3.63, 3.8) is 0 Å². The first kappa shape index (κ1) is 11.7. The monoisotopic (exact) mass is 252 g/mol. The highest BCUT2D eigenvalue weighted by Crippen LogP contribution is 2.30. The molecule has 0 aliphatic heterocycles. The second-order valence-corrected chi connectivity index (χ2v) is 4.56. The molecule has 1 N–H and O–H groups in total. The highest BCUT2D eigenvalue weighted by atomic mass is 19.1. The highest BCUT2D eigenvalue weighted by Gasteiger charge is 2.09. The van der Waals surface area contributed by atoms with E-state index in [0.29, 0.717) is 12.0 Å². The van der Waals surface area contributed by atoms with Crippen LogP contribution in [-0.4, -0.2) is 5.11 Å². The summed E-state index contributed by atoms with van der Waals surface area (Å²) in [6, 6.07) is 18.1. The summed E-state index contributed by atoms with van der Waals surface area (Å²) in [5.74, 6) is -0.00332. The van der Waals surface area contributed by atoms with Gasteiger partial charge >= 0.3 is 0 Å². The predicted octanol–water partition coefficient (Wildman–Crippen LogP) is 4.28. The van der Waals surface area contributed by atoms with Crippen molar-refractivity contribution in [1.82, 2.24) is 0 Å². The normalized spacial score (nSPS) is 10.8. The van der Waals surface area contributed by atoms with Crippen LogP contribution in [0.15, 0.2) is 60.7 Å². The average Bonchev–Trinajstić information content (AvgIpc) is 2.44. The molecule has 0 radical (unpaired) electrons. The van der Waals surface area contributed by atoms with Gasteiger partial charge in [0.15, 0.2) is 0 Å². The van der Waals surface area contributed by atoms with E-state index in [1.165, 1.54) is 6.07 Å². The van der Waals surface area contributed by atoms with E-state index in [1.807, 2.05) is 36.4 Å². The minimum absolute atomic E-state index is 0.237. The van der Waals surface area contributed by atoms with Crippen LogP contribution in [0.4, 0.5) is 4.39 Å². The molecule has 0 amide bonds. The van der Waals surface area contributed by atoms with Crippen LogP contribution in [-0.2, 0) is 6.42 Å². The molecule has 0 fully saturated rings. The summed E-state index contributed by atoms with van der Waals surface area (Å²) in [5.41, 5.74) is 1.33. The lowest BCUT2D eigenvalue weighted by atomic mass is 9.99. The van der Waals surface area contributed by atoms with E-state index >= 15 is 0 Å². The van der Waals surface area contributed by atoms with Crippen molar-refractivity contribution in [3.05, 3.63) is 77.6 Å². The molecule has 0 heterocycles. The molecule has 19 heavy (non-hydrogen) atoms. The number of halogens is 1. The Labute approximate surface area is 110 Å². The van der Waals surface area contributed by atoms with Gasteiger partial charge < -0.3 is 5.11 Å². The van der Waals surface area contributed by atoms with E-state index in [0.717, 1.165) is 16.3 Å². The fourth-order valence-corrected chi connectivity index (χ4v) is 2.29. The number of aromatic hydroxyl groups is 1. The molecule has 0 aromatic heterocycles. The Kier molecular flexibility index (Phi) is 2.92. The Bertz CT molecular complexity index is 734. The molecule has 94 valence electrons. The quantitative estimate of drug-likeness (QED) is 0.722. The fourth-order valence-electron chi connectivity index (χ4n) is 2.29. The van der Waals surface area contributed by atoms with Gasteiger partial charge in [-0.3, -0.25) is 0 Å². The molecule has 0 saturated heterocycles. The molecule has 0 atom stereocenters. The van der Waals surface area contributed by atoms with Crippen molar-refractivity contribution in [2.75, 3.05) is 0 Å². The van der Waals surface area contributed by atoms with Crippen LogP contribution in [0.25, 0.3) is 10.8 Å². The van der Waals surface area contributed by atoms with Crippen LogP contribution in [0, 0.1) is 5.82 Å². The Morgan fingerprint density at radius 2 is 1.53 bits per heavy atom. The van der Waals surface area contributed by atoms with Gasteiger partial charge in [-0.05, 0) is 22.6 Å². The van der Waals surface area contributed by atoms with Crippen molar-refractivity contribution >= 4 is 10.8 Å². The lowest BCUT2D eigenvalue weighted by Gasteiger charge is -2.08. The van der Waals surface area contributed by atoms with E-state index in [1.54, 1.807) is 18.2 Å². The van der Waals surface area contributed by atoms with Crippen molar-refractivity contribution in [2.24, 2.45) is 0 Å². The SMILES string of the molecule is Oc1c(Cc2ccccc2F)ccc2ccccc12. The zero-order chi connectivity index (χ0) is 13.2. The zero-order valence-corrected chi connectivity index (χ0v) is 10.3. The molecule has 3 rings (SSSR count). The summed E-state index contributed by atoms with van der Waals surface area (Å²) in [4.78, 5) is 0. The molecule has 0 aliphatic carbocycles. The van der Waals surface area contributed by atoms with Crippen LogP contribution < -0.4 is 0 Å². The molecule has 1 nitrogen and oxygen atoms in total. The fraction of sp³-hybridized carbons (Fsp3) is 0.0588. The summed E-state index contributed by atoms with van der Waals surface area (Å²) in [5, 5.41) is 12.1. The maximum atomic E-state index is 13.6. The summed E-state index contributed by atoms with van der Waals surface area (Å²) < 4.78 is 13.6. The maximum absolute atomic E-state index is 13.6. The highest BCUT2D eigenvalue weighted by molar-refractivity contribution is 5.89. The van der Waals surface area contributed by atoms with Crippen LogP contribution in [0.2, 0.25) is 0 Å². The maximum Gasteiger partial charge on any atom is 0.126 e. The smallest absolute Gasteiger partial charge is 0.126 e. The van der Waals surface area contributed by atoms with Gasteiger partial charge in [0.25, 0.3) is 0 Å². The van der Waals surface area contributed by atoms with Crippen LogP contribution in [0.3, 0.4) is 0 Å². The molecule has 0 aliphatic rings. The predicted molar refractivity (Wildman–Crippen MR) is 74.8 cm³/mol. The van der Waals surface area contributed by atoms with Crippen LogP contribution >= 0.6 is 0 Å². The van der Waals surface area contributed by atoms with Crippen molar-refractivity contribution in [1.29, 1.82) is 0 Å². The number of fused-ring (bicyclic) bond motifs is 1. The first-order chi connectivity index (χ1) is 9.25. The standard InChI is InChI=1S/C17H13FO/c18-16-8-4-2-6-13(16)11-14-10-9-12-5-1-3-7-15(12)17(14)19/h1-10,19H,11H2. The molecule has 0 spiro atoms. The lowest BCUT2D eigenvalue weighted by Crippen LogP contribution is -1.93. The number of phenolic OH excluding ortho intramolecular Hbond substituents is 1. The van der Waals surface area contributed by atoms with Gasteiger partial charge in [0.05, 0.1) is 0 Å². The third-order valence-electron chi connectivity index (χ3n) is 3.32. The summed E-state index contributed by atoms with van der Waals surface area (Å²) >= 11 is 0. The van der Waals surface area contributed by atoms with E-state index in [-0.39, 0.29) is 11.6 Å². The van der Waals surface area contributed by atoms with Crippen LogP contribution in [0.1, 0.15) is 11.1 Å². The second kappa shape index (κ2) is 4.73. The molecule has 3 aromatic carbocycles. The summed E-state index contributed by atoms with van der Waals surface area (Å²) in [6.07, 6.45) is 0.392. The first-order valence-electron chi connectivity index (χ1n) is 6.19. The van der Waals surface area contributed by atoms with Crippen molar-refractivity contribution < 1.29 is 9.50 Å². The van der Waals surface area contributed by atoms with Crippen molar-refractivity contribution in [3.8, 4) is 5.75 Å². The molecule has 0 unspecified atom stereocenters. The largest absolute Gasteiger partial charge is 0.507 e. The lowest BCUT2D eigenvalue weighted by molar-refractivity contribution is 0.475. The number of hydrogen-bond donors (Lipinski definition) is 1. The van der Waals surface area contributed by atoms with Gasteiger partial charge in [0.1, 0.15) is 11.6 Å². The summed E-state index contributed by atoms with van der Waals surface area (Å²) in [6.45, 7) is 0. The minimum atomic E-state index is -0.241. The topological polar surface area (TPSA) is 20.2 Å². The van der Waals surface area contributed by atoms with Crippen LogP contribution in [0.5, 0.6) is 5.75 Å². The second-order valence-electron chi connectivity index (χ2n) is 4.56. The minimum Gasteiger partial charge on any atom is -0.507 e. The first-order valence-corrected chi connectivity index (χ1v) is 6.19. The molecule has 0 bridgehead atoms. The molecule has 2 heteroatoms. The van der Waals surface area contributed by atoms with Gasteiger partial charge in [0.2, 0.25) is 0 Å². The van der Waals surface area contributed by atoms with Gasteiger partial charge in [-0.25, -0.2) is 4.39 Å². The number of benzene rings is 3. The number of rotatable bonds is 2. The Morgan fingerprint density at radius 3 is 2.37 bits per heavy atom. The molecule has 3 aromatic rings. The third-order valence-corrected chi connectivity index (χ3v) is 3.32. The van der Waals surface area contributed by atoms with Gasteiger partial charge in [-0.1, -0.05) is 54.6 Å². The van der Waals surface area contributed by atoms with Gasteiger partial charge in [-0.2, -0.15) is 0 Å². The van der Waals surface area contributed by atoms with E-state index in [4.69, 9.17) is 0 Å².